The SMILES string of the molecule is CCN(CC)CCNC(=O)c1ccc(Cl)cc1N. The summed E-state index contributed by atoms with van der Waals surface area (Å²) in [5.41, 5.74) is 6.63. The number of hydrogen-bond acceptors (Lipinski definition) is 3. The number of benzene rings is 1. The van der Waals surface area contributed by atoms with Crippen LogP contribution in [0.4, 0.5) is 5.69 Å². The zero-order valence-electron chi connectivity index (χ0n) is 10.9. The maximum Gasteiger partial charge on any atom is 0.253 e. The normalized spacial score (nSPS) is 10.7. The van der Waals surface area contributed by atoms with Crippen molar-refractivity contribution in [3.63, 3.8) is 0 Å². The molecule has 1 amide bonds. The van der Waals surface area contributed by atoms with Crippen LogP contribution in [0.1, 0.15) is 24.2 Å². The van der Waals surface area contributed by atoms with Crippen LogP contribution in [0.2, 0.25) is 5.02 Å². The van der Waals surface area contributed by atoms with Crippen molar-refractivity contribution in [2.45, 2.75) is 13.8 Å². The molecule has 1 rings (SSSR count). The van der Waals surface area contributed by atoms with Gasteiger partial charge in [-0.1, -0.05) is 25.4 Å². The fraction of sp³-hybridized carbons (Fsp3) is 0.462. The molecule has 0 saturated carbocycles. The topological polar surface area (TPSA) is 58.4 Å². The molecule has 0 aliphatic heterocycles. The molecule has 0 aliphatic rings. The van der Waals surface area contributed by atoms with Gasteiger partial charge in [0.1, 0.15) is 0 Å². The average Bonchev–Trinajstić information content (AvgIpc) is 2.34. The second-order valence-corrected chi connectivity index (χ2v) is 4.45. The lowest BCUT2D eigenvalue weighted by Crippen LogP contribution is -2.35. The first-order valence-corrected chi connectivity index (χ1v) is 6.51. The molecule has 0 unspecified atom stereocenters. The Morgan fingerprint density at radius 1 is 1.39 bits per heavy atom. The number of likely N-dealkylation sites (N-methyl/N-ethyl adjacent to an activating group) is 1. The maximum absolute atomic E-state index is 11.9. The highest BCUT2D eigenvalue weighted by Gasteiger charge is 2.09. The molecule has 0 heterocycles. The Balaban J connectivity index is 2.50. The van der Waals surface area contributed by atoms with Gasteiger partial charge >= 0.3 is 0 Å². The summed E-state index contributed by atoms with van der Waals surface area (Å²) >= 11 is 5.79. The molecule has 0 fully saturated rings. The summed E-state index contributed by atoms with van der Waals surface area (Å²) in [6.45, 7) is 7.62. The van der Waals surface area contributed by atoms with Crippen LogP contribution in [-0.4, -0.2) is 37.0 Å². The predicted molar refractivity (Wildman–Crippen MR) is 76.0 cm³/mol. The van der Waals surface area contributed by atoms with Crippen LogP contribution in [0.3, 0.4) is 0 Å². The Morgan fingerprint density at radius 2 is 2.06 bits per heavy atom. The van der Waals surface area contributed by atoms with E-state index in [0.29, 0.717) is 22.8 Å². The Kier molecular flexibility index (Phi) is 5.95. The molecule has 3 N–H and O–H groups in total. The van der Waals surface area contributed by atoms with Gasteiger partial charge in [-0.05, 0) is 31.3 Å². The first-order chi connectivity index (χ1) is 8.58. The molecule has 0 saturated heterocycles. The van der Waals surface area contributed by atoms with Crippen molar-refractivity contribution < 1.29 is 4.79 Å². The van der Waals surface area contributed by atoms with Crippen molar-refractivity contribution in [2.24, 2.45) is 0 Å². The maximum atomic E-state index is 11.9. The van der Waals surface area contributed by atoms with Crippen LogP contribution >= 0.6 is 11.6 Å². The molecular weight excluding hydrogens is 250 g/mol. The fourth-order valence-electron chi connectivity index (χ4n) is 1.70. The van der Waals surface area contributed by atoms with Gasteiger partial charge in [-0.25, -0.2) is 0 Å². The Labute approximate surface area is 113 Å². The van der Waals surface area contributed by atoms with Crippen LogP contribution in [0, 0.1) is 0 Å². The average molecular weight is 270 g/mol. The molecule has 18 heavy (non-hydrogen) atoms. The summed E-state index contributed by atoms with van der Waals surface area (Å²) in [5, 5.41) is 3.39. The summed E-state index contributed by atoms with van der Waals surface area (Å²) in [4.78, 5) is 14.1. The van der Waals surface area contributed by atoms with Gasteiger partial charge < -0.3 is 16.0 Å². The first kappa shape index (κ1) is 14.8. The van der Waals surface area contributed by atoms with Crippen LogP contribution < -0.4 is 11.1 Å². The predicted octanol–water partition coefficient (Wildman–Crippen LogP) is 1.99. The first-order valence-electron chi connectivity index (χ1n) is 6.14. The van der Waals surface area contributed by atoms with E-state index in [1.54, 1.807) is 18.2 Å². The molecule has 0 radical (unpaired) electrons. The standard InChI is InChI=1S/C13H20ClN3O/c1-3-17(4-2)8-7-16-13(18)11-6-5-10(14)9-12(11)15/h5-6,9H,3-4,7-8,15H2,1-2H3,(H,16,18). The van der Waals surface area contributed by atoms with Gasteiger partial charge in [-0.3, -0.25) is 4.79 Å². The van der Waals surface area contributed by atoms with E-state index >= 15 is 0 Å². The number of amides is 1. The Bertz CT molecular complexity index is 405. The van der Waals surface area contributed by atoms with Crippen molar-refractivity contribution in [2.75, 3.05) is 31.9 Å². The number of nitrogens with one attached hydrogen (secondary N) is 1. The number of nitrogens with two attached hydrogens (primary N) is 1. The third-order valence-corrected chi connectivity index (χ3v) is 3.10. The van der Waals surface area contributed by atoms with Gasteiger partial charge in [-0.2, -0.15) is 0 Å². The van der Waals surface area contributed by atoms with Gasteiger partial charge in [0.25, 0.3) is 5.91 Å². The number of halogens is 1. The molecule has 0 atom stereocenters. The highest BCUT2D eigenvalue weighted by atomic mass is 35.5. The number of carbonyl (C=O) groups excluding carboxylic acids is 1. The lowest BCUT2D eigenvalue weighted by atomic mass is 10.1. The van der Waals surface area contributed by atoms with Gasteiger partial charge in [-0.15, -0.1) is 0 Å². The number of nitrogens with zero attached hydrogens (tertiary/aromatic N) is 1. The van der Waals surface area contributed by atoms with Gasteiger partial charge in [0, 0.05) is 23.8 Å². The number of hydrogen-bond donors (Lipinski definition) is 2. The molecule has 100 valence electrons. The fourth-order valence-corrected chi connectivity index (χ4v) is 1.88. The van der Waals surface area contributed by atoms with E-state index in [1.807, 2.05) is 0 Å². The third-order valence-electron chi connectivity index (χ3n) is 2.87. The smallest absolute Gasteiger partial charge is 0.253 e. The van der Waals surface area contributed by atoms with Crippen molar-refractivity contribution in [3.8, 4) is 0 Å². The molecule has 0 bridgehead atoms. The molecule has 0 aromatic heterocycles. The highest BCUT2D eigenvalue weighted by molar-refractivity contribution is 6.31. The molecular formula is C13H20ClN3O. The molecule has 1 aromatic carbocycles. The minimum absolute atomic E-state index is 0.156. The Hall–Kier alpha value is -1.26. The summed E-state index contributed by atoms with van der Waals surface area (Å²) in [6.07, 6.45) is 0. The molecule has 4 nitrogen and oxygen atoms in total. The summed E-state index contributed by atoms with van der Waals surface area (Å²) in [5.74, 6) is -0.156. The zero-order chi connectivity index (χ0) is 13.5. The summed E-state index contributed by atoms with van der Waals surface area (Å²) in [7, 11) is 0. The minimum Gasteiger partial charge on any atom is -0.398 e. The van der Waals surface area contributed by atoms with Crippen LogP contribution in [0.15, 0.2) is 18.2 Å². The monoisotopic (exact) mass is 269 g/mol. The van der Waals surface area contributed by atoms with Crippen molar-refractivity contribution >= 4 is 23.2 Å². The second kappa shape index (κ2) is 7.24. The van der Waals surface area contributed by atoms with Gasteiger partial charge in [0.2, 0.25) is 0 Å². The van der Waals surface area contributed by atoms with E-state index in [0.717, 1.165) is 19.6 Å². The molecule has 5 heteroatoms. The van der Waals surface area contributed by atoms with E-state index in [9.17, 15) is 4.79 Å². The van der Waals surface area contributed by atoms with Crippen LogP contribution in [0.5, 0.6) is 0 Å². The minimum atomic E-state index is -0.156. The Morgan fingerprint density at radius 3 is 2.61 bits per heavy atom. The molecule has 1 aromatic rings. The lowest BCUT2D eigenvalue weighted by molar-refractivity contribution is 0.0950. The number of nitrogen functional groups attached to an aromatic ring is 1. The zero-order valence-corrected chi connectivity index (χ0v) is 11.6. The van der Waals surface area contributed by atoms with Crippen molar-refractivity contribution in [3.05, 3.63) is 28.8 Å². The highest BCUT2D eigenvalue weighted by Crippen LogP contribution is 2.17. The van der Waals surface area contributed by atoms with Gasteiger partial charge in [0.15, 0.2) is 0 Å². The number of carbonyl (C=O) groups is 1. The summed E-state index contributed by atoms with van der Waals surface area (Å²) < 4.78 is 0. The van der Waals surface area contributed by atoms with E-state index in [-0.39, 0.29) is 5.91 Å². The molecule has 0 aliphatic carbocycles. The van der Waals surface area contributed by atoms with E-state index in [2.05, 4.69) is 24.1 Å². The van der Waals surface area contributed by atoms with Crippen molar-refractivity contribution in [1.29, 1.82) is 0 Å². The van der Waals surface area contributed by atoms with E-state index < -0.39 is 0 Å². The van der Waals surface area contributed by atoms with E-state index in [1.165, 1.54) is 0 Å². The van der Waals surface area contributed by atoms with Crippen LogP contribution in [0.25, 0.3) is 0 Å². The van der Waals surface area contributed by atoms with Crippen LogP contribution in [-0.2, 0) is 0 Å². The lowest BCUT2D eigenvalue weighted by Gasteiger charge is -2.18. The second-order valence-electron chi connectivity index (χ2n) is 4.01. The largest absolute Gasteiger partial charge is 0.398 e. The number of anilines is 1. The van der Waals surface area contributed by atoms with Crippen molar-refractivity contribution in [1.82, 2.24) is 10.2 Å². The van der Waals surface area contributed by atoms with Gasteiger partial charge in [0.05, 0.1) is 5.56 Å². The summed E-state index contributed by atoms with van der Waals surface area (Å²) in [6, 6.07) is 4.89. The third kappa shape index (κ3) is 4.20. The molecule has 0 spiro atoms. The number of rotatable bonds is 6. The van der Waals surface area contributed by atoms with E-state index in [4.69, 9.17) is 17.3 Å². The quantitative estimate of drug-likeness (QED) is 0.777.